The molecule has 0 radical (unpaired) electrons. The fourth-order valence-electron chi connectivity index (χ4n) is 2.77. The Bertz CT molecular complexity index is 936. The van der Waals surface area contributed by atoms with Crippen LogP contribution in [0.2, 0.25) is 0 Å². The van der Waals surface area contributed by atoms with Crippen LogP contribution in [0.5, 0.6) is 0 Å². The summed E-state index contributed by atoms with van der Waals surface area (Å²) in [7, 11) is 3.76. The van der Waals surface area contributed by atoms with E-state index in [0.717, 1.165) is 16.7 Å². The maximum absolute atomic E-state index is 5.87. The molecule has 8 nitrogen and oxygen atoms in total. The van der Waals surface area contributed by atoms with Gasteiger partial charge in [0.15, 0.2) is 5.16 Å². The van der Waals surface area contributed by atoms with Crippen molar-refractivity contribution in [1.82, 2.24) is 29.7 Å². The van der Waals surface area contributed by atoms with Crippen LogP contribution in [0, 0.1) is 0 Å². The molecule has 140 valence electrons. The highest BCUT2D eigenvalue weighted by atomic mass is 32.2. The van der Waals surface area contributed by atoms with Gasteiger partial charge in [-0.15, -0.1) is 10.2 Å². The third kappa shape index (κ3) is 3.73. The van der Waals surface area contributed by atoms with E-state index in [1.807, 2.05) is 44.1 Å². The number of rotatable bonds is 6. The summed E-state index contributed by atoms with van der Waals surface area (Å²) in [4.78, 5) is 14.8. The Morgan fingerprint density at radius 3 is 2.52 bits per heavy atom. The molecule has 9 heteroatoms. The molecule has 1 fully saturated rings. The summed E-state index contributed by atoms with van der Waals surface area (Å²) in [6.45, 7) is 2.04. The van der Waals surface area contributed by atoms with Gasteiger partial charge in [0.05, 0.1) is 5.25 Å². The van der Waals surface area contributed by atoms with Crippen LogP contribution in [0.3, 0.4) is 0 Å². The average Bonchev–Trinajstić information content (AvgIpc) is 3.42. The SMILES string of the molecule is C[C@H](Sc1nnc(C2CC2)n1-c1ccccc1)c1nc(N)nc(N(C)C)n1. The second kappa shape index (κ2) is 7.15. The normalized spacial score (nSPS) is 14.9. The topological polar surface area (TPSA) is 98.6 Å². The van der Waals surface area contributed by atoms with Crippen molar-refractivity contribution >= 4 is 23.7 Å². The van der Waals surface area contributed by atoms with E-state index in [2.05, 4.69) is 41.8 Å². The lowest BCUT2D eigenvalue weighted by Crippen LogP contribution is -2.16. The van der Waals surface area contributed by atoms with E-state index >= 15 is 0 Å². The predicted molar refractivity (Wildman–Crippen MR) is 106 cm³/mol. The molecule has 2 heterocycles. The fraction of sp³-hybridized carbons (Fsp3) is 0.389. The van der Waals surface area contributed by atoms with E-state index in [1.165, 1.54) is 12.8 Å². The van der Waals surface area contributed by atoms with Gasteiger partial charge in [-0.2, -0.15) is 15.0 Å². The van der Waals surface area contributed by atoms with Crippen LogP contribution >= 0.6 is 11.8 Å². The highest BCUT2D eigenvalue weighted by molar-refractivity contribution is 7.99. The summed E-state index contributed by atoms with van der Waals surface area (Å²) >= 11 is 1.58. The van der Waals surface area contributed by atoms with Crippen molar-refractivity contribution in [3.05, 3.63) is 42.0 Å². The maximum Gasteiger partial charge on any atom is 0.229 e. The highest BCUT2D eigenvalue weighted by Crippen LogP contribution is 2.42. The lowest BCUT2D eigenvalue weighted by molar-refractivity contribution is 0.818. The summed E-state index contributed by atoms with van der Waals surface area (Å²) < 4.78 is 2.15. The van der Waals surface area contributed by atoms with Gasteiger partial charge in [-0.1, -0.05) is 30.0 Å². The number of aromatic nitrogens is 6. The van der Waals surface area contributed by atoms with Gasteiger partial charge in [0, 0.05) is 25.7 Å². The quantitative estimate of drug-likeness (QED) is 0.650. The van der Waals surface area contributed by atoms with E-state index < -0.39 is 0 Å². The van der Waals surface area contributed by atoms with Gasteiger partial charge in [-0.25, -0.2) is 0 Å². The number of benzene rings is 1. The molecule has 0 aliphatic heterocycles. The van der Waals surface area contributed by atoms with Crippen LogP contribution in [-0.2, 0) is 0 Å². The number of thioether (sulfide) groups is 1. The number of para-hydroxylation sites is 1. The maximum atomic E-state index is 5.87. The molecule has 0 unspecified atom stereocenters. The molecular formula is C18H22N8S. The minimum atomic E-state index is -0.0484. The van der Waals surface area contributed by atoms with Crippen LogP contribution < -0.4 is 10.6 Å². The Morgan fingerprint density at radius 1 is 1.11 bits per heavy atom. The number of nitrogens with zero attached hydrogens (tertiary/aromatic N) is 7. The number of nitrogens with two attached hydrogens (primary N) is 1. The first-order valence-corrected chi connectivity index (χ1v) is 9.77. The average molecular weight is 382 g/mol. The molecule has 0 amide bonds. The molecule has 0 spiro atoms. The Labute approximate surface area is 162 Å². The van der Waals surface area contributed by atoms with Crippen molar-refractivity contribution in [1.29, 1.82) is 0 Å². The van der Waals surface area contributed by atoms with Crippen LogP contribution in [0.15, 0.2) is 35.5 Å². The van der Waals surface area contributed by atoms with E-state index in [9.17, 15) is 0 Å². The number of hydrogen-bond donors (Lipinski definition) is 1. The summed E-state index contributed by atoms with van der Waals surface area (Å²) in [5, 5.41) is 9.72. The van der Waals surface area contributed by atoms with Crippen molar-refractivity contribution in [3.8, 4) is 5.69 Å². The smallest absolute Gasteiger partial charge is 0.229 e. The minimum Gasteiger partial charge on any atom is -0.368 e. The molecule has 0 saturated heterocycles. The van der Waals surface area contributed by atoms with Crippen molar-refractivity contribution < 1.29 is 0 Å². The van der Waals surface area contributed by atoms with Crippen molar-refractivity contribution in [2.24, 2.45) is 0 Å². The monoisotopic (exact) mass is 382 g/mol. The van der Waals surface area contributed by atoms with Crippen molar-refractivity contribution in [2.45, 2.75) is 36.1 Å². The summed E-state index contributed by atoms with van der Waals surface area (Å²) in [5.41, 5.74) is 6.94. The lowest BCUT2D eigenvalue weighted by atomic mass is 10.3. The van der Waals surface area contributed by atoms with E-state index in [-0.39, 0.29) is 11.2 Å². The fourth-order valence-corrected chi connectivity index (χ4v) is 3.69. The Hall–Kier alpha value is -2.68. The van der Waals surface area contributed by atoms with Gasteiger partial charge >= 0.3 is 0 Å². The van der Waals surface area contributed by atoms with Gasteiger partial charge < -0.3 is 10.6 Å². The number of anilines is 2. The zero-order valence-electron chi connectivity index (χ0n) is 15.6. The Morgan fingerprint density at radius 2 is 1.85 bits per heavy atom. The van der Waals surface area contributed by atoms with Crippen LogP contribution in [0.1, 0.15) is 42.6 Å². The lowest BCUT2D eigenvalue weighted by Gasteiger charge is -2.15. The minimum absolute atomic E-state index is 0.0484. The van der Waals surface area contributed by atoms with Gasteiger partial charge in [0.2, 0.25) is 11.9 Å². The van der Waals surface area contributed by atoms with Crippen molar-refractivity contribution in [2.75, 3.05) is 24.7 Å². The largest absolute Gasteiger partial charge is 0.368 e. The molecule has 27 heavy (non-hydrogen) atoms. The van der Waals surface area contributed by atoms with Crippen LogP contribution in [0.4, 0.5) is 11.9 Å². The highest BCUT2D eigenvalue weighted by Gasteiger charge is 2.31. The molecule has 1 aliphatic rings. The van der Waals surface area contributed by atoms with E-state index in [1.54, 1.807) is 11.8 Å². The zero-order valence-corrected chi connectivity index (χ0v) is 16.4. The first kappa shape index (κ1) is 17.7. The van der Waals surface area contributed by atoms with Gasteiger partial charge in [-0.3, -0.25) is 4.57 Å². The third-order valence-electron chi connectivity index (χ3n) is 4.32. The molecule has 1 aromatic carbocycles. The molecule has 4 rings (SSSR count). The second-order valence-corrected chi connectivity index (χ2v) is 8.10. The summed E-state index contributed by atoms with van der Waals surface area (Å²) in [6, 6.07) is 10.2. The number of hydrogen-bond acceptors (Lipinski definition) is 8. The summed E-state index contributed by atoms with van der Waals surface area (Å²) in [6.07, 6.45) is 2.34. The van der Waals surface area contributed by atoms with Gasteiger partial charge in [0.1, 0.15) is 11.6 Å². The molecule has 0 bridgehead atoms. The molecule has 2 aromatic heterocycles. The molecule has 1 saturated carbocycles. The van der Waals surface area contributed by atoms with Gasteiger partial charge in [0.25, 0.3) is 0 Å². The van der Waals surface area contributed by atoms with Crippen molar-refractivity contribution in [3.63, 3.8) is 0 Å². The Kier molecular flexibility index (Phi) is 4.69. The zero-order chi connectivity index (χ0) is 19.0. The molecular weight excluding hydrogens is 360 g/mol. The van der Waals surface area contributed by atoms with Crippen LogP contribution in [-0.4, -0.2) is 43.8 Å². The van der Waals surface area contributed by atoms with Crippen LogP contribution in [0.25, 0.3) is 5.69 Å². The summed E-state index contributed by atoms with van der Waals surface area (Å²) in [5.74, 6) is 2.93. The van der Waals surface area contributed by atoms with E-state index in [0.29, 0.717) is 17.7 Å². The second-order valence-electron chi connectivity index (χ2n) is 6.79. The van der Waals surface area contributed by atoms with Gasteiger partial charge in [-0.05, 0) is 31.9 Å². The number of nitrogen functional groups attached to an aromatic ring is 1. The van der Waals surface area contributed by atoms with E-state index in [4.69, 9.17) is 5.73 Å². The molecule has 1 aliphatic carbocycles. The Balaban J connectivity index is 1.67. The molecule has 3 aromatic rings. The molecule has 2 N–H and O–H groups in total. The third-order valence-corrected chi connectivity index (χ3v) is 5.36. The molecule has 1 atom stereocenters. The first-order valence-electron chi connectivity index (χ1n) is 8.89. The standard InChI is InChI=1S/C18H22N8S/c1-11(14-20-16(19)22-17(21-14)25(2)3)27-18-24-23-15(12-9-10-12)26(18)13-7-5-4-6-8-13/h4-8,11-12H,9-10H2,1-3H3,(H2,19,20,21,22)/t11-/m0/s1. The first-order chi connectivity index (χ1) is 13.0. The predicted octanol–water partition coefficient (Wildman–Crippen LogP) is 2.83.